The Bertz CT molecular complexity index is 829. The molecule has 24 heavy (non-hydrogen) atoms. The van der Waals surface area contributed by atoms with Crippen LogP contribution in [0.25, 0.3) is 0 Å². The van der Waals surface area contributed by atoms with Crippen molar-refractivity contribution in [3.8, 4) is 11.5 Å². The Kier molecular flexibility index (Phi) is 4.50. The number of nitrogens with zero attached hydrogens (tertiary/aromatic N) is 1. The maximum atomic E-state index is 12.0. The van der Waals surface area contributed by atoms with Crippen molar-refractivity contribution in [2.45, 2.75) is 33.2 Å². The minimum Gasteiger partial charge on any atom is -0.454 e. The number of benzene rings is 1. The van der Waals surface area contributed by atoms with E-state index in [-0.39, 0.29) is 24.7 Å². The molecule has 0 saturated carbocycles. The van der Waals surface area contributed by atoms with Crippen LogP contribution in [0.2, 0.25) is 0 Å². The van der Waals surface area contributed by atoms with Gasteiger partial charge in [0.05, 0.1) is 0 Å². The van der Waals surface area contributed by atoms with Crippen LogP contribution in [-0.2, 0) is 17.8 Å². The molecule has 1 aliphatic heterocycles. The van der Waals surface area contributed by atoms with E-state index in [1.807, 2.05) is 18.2 Å². The number of ether oxygens (including phenoxy) is 2. The summed E-state index contributed by atoms with van der Waals surface area (Å²) in [7, 11) is 0. The highest BCUT2D eigenvalue weighted by Crippen LogP contribution is 2.32. The number of H-pyrrole nitrogens is 1. The summed E-state index contributed by atoms with van der Waals surface area (Å²) in [5.41, 5.74) is 1.97. The Labute approximate surface area is 139 Å². The second-order valence-corrected chi connectivity index (χ2v) is 5.68. The summed E-state index contributed by atoms with van der Waals surface area (Å²) in [4.78, 5) is 30.8. The molecule has 3 rings (SSSR count). The zero-order chi connectivity index (χ0) is 17.1. The van der Waals surface area contributed by atoms with Gasteiger partial charge in [-0.15, -0.1) is 0 Å². The molecule has 0 atom stereocenters. The number of carbonyl (C=O) groups excluding carboxylic acids is 1. The molecule has 1 amide bonds. The molecule has 7 heteroatoms. The van der Waals surface area contributed by atoms with E-state index in [0.717, 1.165) is 5.56 Å². The van der Waals surface area contributed by atoms with Crippen LogP contribution < -0.4 is 20.3 Å². The van der Waals surface area contributed by atoms with Gasteiger partial charge in [0.1, 0.15) is 5.82 Å². The molecular weight excluding hydrogens is 310 g/mol. The van der Waals surface area contributed by atoms with Crippen molar-refractivity contribution in [1.82, 2.24) is 15.3 Å². The summed E-state index contributed by atoms with van der Waals surface area (Å²) in [6.45, 7) is 4.14. The van der Waals surface area contributed by atoms with E-state index in [0.29, 0.717) is 41.5 Å². The zero-order valence-corrected chi connectivity index (χ0v) is 13.6. The van der Waals surface area contributed by atoms with Crippen LogP contribution in [0.1, 0.15) is 29.1 Å². The van der Waals surface area contributed by atoms with Gasteiger partial charge in [0.15, 0.2) is 11.5 Å². The maximum Gasteiger partial charge on any atom is 0.254 e. The number of hydrogen-bond acceptors (Lipinski definition) is 5. The molecule has 0 bridgehead atoms. The minimum absolute atomic E-state index is 0.118. The number of carbonyl (C=O) groups is 1. The van der Waals surface area contributed by atoms with Crippen molar-refractivity contribution in [2.75, 3.05) is 6.79 Å². The van der Waals surface area contributed by atoms with Gasteiger partial charge in [-0.2, -0.15) is 0 Å². The molecule has 0 unspecified atom stereocenters. The van der Waals surface area contributed by atoms with Gasteiger partial charge in [-0.05, 0) is 38.0 Å². The molecule has 0 saturated heterocycles. The standard InChI is InChI=1S/C17H19N3O4/c1-10-13(17(22)20-11(2)19-10)4-6-16(21)18-8-12-3-5-14-15(7-12)24-9-23-14/h3,5,7H,4,6,8-9H2,1-2H3,(H,18,21)(H,19,20,22). The first-order valence-electron chi connectivity index (χ1n) is 7.74. The lowest BCUT2D eigenvalue weighted by Gasteiger charge is -2.07. The van der Waals surface area contributed by atoms with E-state index in [2.05, 4.69) is 15.3 Å². The number of aromatic nitrogens is 2. The lowest BCUT2D eigenvalue weighted by molar-refractivity contribution is -0.121. The second kappa shape index (κ2) is 6.74. The number of hydrogen-bond donors (Lipinski definition) is 2. The molecule has 0 spiro atoms. The lowest BCUT2D eigenvalue weighted by atomic mass is 10.1. The van der Waals surface area contributed by atoms with E-state index >= 15 is 0 Å². The van der Waals surface area contributed by atoms with Crippen molar-refractivity contribution >= 4 is 5.91 Å². The largest absolute Gasteiger partial charge is 0.454 e. The molecule has 2 aromatic rings. The molecule has 0 radical (unpaired) electrons. The van der Waals surface area contributed by atoms with E-state index in [4.69, 9.17) is 9.47 Å². The lowest BCUT2D eigenvalue weighted by Crippen LogP contribution is -2.25. The average Bonchev–Trinajstić information content (AvgIpc) is 2.99. The third-order valence-electron chi connectivity index (χ3n) is 3.87. The van der Waals surface area contributed by atoms with Crippen molar-refractivity contribution in [1.29, 1.82) is 0 Å². The summed E-state index contributed by atoms with van der Waals surface area (Å²) in [5.74, 6) is 1.86. The van der Waals surface area contributed by atoms with Crippen molar-refractivity contribution < 1.29 is 14.3 Å². The summed E-state index contributed by atoms with van der Waals surface area (Å²) in [6, 6.07) is 5.55. The van der Waals surface area contributed by atoms with E-state index < -0.39 is 0 Å². The zero-order valence-electron chi connectivity index (χ0n) is 13.6. The fourth-order valence-electron chi connectivity index (χ4n) is 2.62. The molecule has 126 valence electrons. The van der Waals surface area contributed by atoms with Gasteiger partial charge in [0.25, 0.3) is 5.56 Å². The summed E-state index contributed by atoms with van der Waals surface area (Å²) in [6.07, 6.45) is 0.598. The molecule has 2 heterocycles. The van der Waals surface area contributed by atoms with Crippen molar-refractivity contribution in [3.63, 3.8) is 0 Å². The van der Waals surface area contributed by atoms with E-state index in [1.165, 1.54) is 0 Å². The highest BCUT2D eigenvalue weighted by Gasteiger charge is 2.14. The van der Waals surface area contributed by atoms with Gasteiger partial charge in [-0.3, -0.25) is 9.59 Å². The van der Waals surface area contributed by atoms with Gasteiger partial charge in [0, 0.05) is 24.2 Å². The first-order chi connectivity index (χ1) is 11.5. The smallest absolute Gasteiger partial charge is 0.254 e. The third kappa shape index (κ3) is 3.56. The van der Waals surface area contributed by atoms with Gasteiger partial charge in [-0.1, -0.05) is 6.07 Å². The first kappa shape index (κ1) is 16.0. The molecule has 1 aromatic carbocycles. The predicted molar refractivity (Wildman–Crippen MR) is 87.1 cm³/mol. The highest BCUT2D eigenvalue weighted by molar-refractivity contribution is 5.76. The second-order valence-electron chi connectivity index (χ2n) is 5.68. The Morgan fingerprint density at radius 2 is 2.08 bits per heavy atom. The summed E-state index contributed by atoms with van der Waals surface area (Å²) < 4.78 is 10.6. The summed E-state index contributed by atoms with van der Waals surface area (Å²) >= 11 is 0. The van der Waals surface area contributed by atoms with Gasteiger partial charge < -0.3 is 19.8 Å². The van der Waals surface area contributed by atoms with Crippen LogP contribution >= 0.6 is 0 Å². The molecule has 0 fully saturated rings. The van der Waals surface area contributed by atoms with Gasteiger partial charge in [0.2, 0.25) is 12.7 Å². The molecule has 2 N–H and O–H groups in total. The Balaban J connectivity index is 1.54. The van der Waals surface area contributed by atoms with Crippen molar-refractivity contribution in [2.24, 2.45) is 0 Å². The summed E-state index contributed by atoms with van der Waals surface area (Å²) in [5, 5.41) is 2.84. The van der Waals surface area contributed by atoms with Crippen LogP contribution in [-0.4, -0.2) is 22.7 Å². The minimum atomic E-state index is -0.177. The fraction of sp³-hybridized carbons (Fsp3) is 0.353. The van der Waals surface area contributed by atoms with Gasteiger partial charge in [-0.25, -0.2) is 4.98 Å². The van der Waals surface area contributed by atoms with Crippen LogP contribution in [0.3, 0.4) is 0 Å². The Morgan fingerprint density at radius 1 is 1.29 bits per heavy atom. The topological polar surface area (TPSA) is 93.3 Å². The first-order valence-corrected chi connectivity index (χ1v) is 7.74. The molecule has 7 nitrogen and oxygen atoms in total. The van der Waals surface area contributed by atoms with E-state index in [9.17, 15) is 9.59 Å². The third-order valence-corrected chi connectivity index (χ3v) is 3.87. The number of aromatic amines is 1. The van der Waals surface area contributed by atoms with Gasteiger partial charge >= 0.3 is 0 Å². The van der Waals surface area contributed by atoms with Crippen LogP contribution in [0.15, 0.2) is 23.0 Å². The van der Waals surface area contributed by atoms with Crippen LogP contribution in [0.5, 0.6) is 11.5 Å². The quantitative estimate of drug-likeness (QED) is 0.864. The van der Waals surface area contributed by atoms with Crippen LogP contribution in [0, 0.1) is 13.8 Å². The number of fused-ring (bicyclic) bond motifs is 1. The average molecular weight is 329 g/mol. The van der Waals surface area contributed by atoms with E-state index in [1.54, 1.807) is 13.8 Å². The molecule has 0 aliphatic carbocycles. The normalized spacial score (nSPS) is 12.2. The highest BCUT2D eigenvalue weighted by atomic mass is 16.7. The molecule has 1 aliphatic rings. The Hall–Kier alpha value is -2.83. The Morgan fingerprint density at radius 3 is 2.88 bits per heavy atom. The predicted octanol–water partition coefficient (Wildman–Crippen LogP) is 1.36. The molecule has 1 aromatic heterocycles. The number of rotatable bonds is 5. The SMILES string of the molecule is Cc1nc(C)c(CCC(=O)NCc2ccc3c(c2)OCO3)c(=O)[nH]1. The maximum absolute atomic E-state index is 12.0. The fourth-order valence-corrected chi connectivity index (χ4v) is 2.62. The number of aryl methyl sites for hydroxylation is 2. The molecular formula is C17H19N3O4. The van der Waals surface area contributed by atoms with Crippen molar-refractivity contribution in [3.05, 3.63) is 51.2 Å². The number of amides is 1. The number of nitrogens with one attached hydrogen (secondary N) is 2. The monoisotopic (exact) mass is 329 g/mol. The van der Waals surface area contributed by atoms with Crippen LogP contribution in [0.4, 0.5) is 0 Å².